The molecule has 1 radical (unpaired) electrons. The topological polar surface area (TPSA) is 123 Å². The molecular weight excluding hydrogens is 600 g/mol. The Hall–Kier alpha value is 0.395. The molecule has 0 N–H and O–H groups in total. The molecule has 2 aromatic rings. The van der Waals surface area contributed by atoms with Crippen molar-refractivity contribution < 1.29 is 85.1 Å². The molecule has 3 heterocycles. The van der Waals surface area contributed by atoms with Gasteiger partial charge < -0.3 is 18.4 Å². The van der Waals surface area contributed by atoms with E-state index in [2.05, 4.69) is 22.6 Å². The van der Waals surface area contributed by atoms with Crippen LogP contribution < -0.4 is 59.1 Å². The Morgan fingerprint density at radius 2 is 1.52 bits per heavy atom. The molecule has 33 heavy (non-hydrogen) atoms. The van der Waals surface area contributed by atoms with Crippen LogP contribution in [-0.2, 0) is 20.2 Å². The van der Waals surface area contributed by atoms with Gasteiger partial charge in [0.2, 0.25) is 0 Å². The summed E-state index contributed by atoms with van der Waals surface area (Å²) < 4.78 is 74.6. The van der Waals surface area contributed by atoms with Crippen LogP contribution in [0.3, 0.4) is 0 Å². The van der Waals surface area contributed by atoms with E-state index in [-0.39, 0.29) is 85.9 Å². The summed E-state index contributed by atoms with van der Waals surface area (Å²) in [5.41, 5.74) is 3.11. The Kier molecular flexibility index (Phi) is 9.01. The molecule has 8 nitrogen and oxygen atoms in total. The van der Waals surface area contributed by atoms with Crippen LogP contribution in [-0.4, -0.2) is 42.8 Å². The first-order chi connectivity index (χ1) is 14.2. The third kappa shape index (κ3) is 4.87. The largest absolute Gasteiger partial charge is 1.00 e. The van der Waals surface area contributed by atoms with Gasteiger partial charge >= 0.3 is 66.7 Å². The summed E-state index contributed by atoms with van der Waals surface area (Å²) >= 11 is 2.16. The van der Waals surface area contributed by atoms with E-state index in [0.717, 1.165) is 9.13 Å². The van der Waals surface area contributed by atoms with Gasteiger partial charge in [0.1, 0.15) is 20.2 Å². The second-order valence-corrected chi connectivity index (χ2v) is 11.5. The Morgan fingerprint density at radius 3 is 2.00 bits per heavy atom. The number of aromatic nitrogens is 1. The van der Waals surface area contributed by atoms with Gasteiger partial charge in [0.25, 0.3) is 0 Å². The predicted molar refractivity (Wildman–Crippen MR) is 122 cm³/mol. The number of hydrogen-bond acceptors (Lipinski definition) is 7. The standard InChI is InChI=1S/C19H19BIN2O6S2.2Na/c1-9-16-15(13-5-7-14(21)8-6-13)17-10(2)19(31(27,28)29)12(4)23(17)20-22(16)11(3)18(9)30(24,25)26;;/h5-9H,1-4H3,(H,24,25,26)(H,27,28,29);;/q;2*+1/p-2. The zero-order valence-electron chi connectivity index (χ0n) is 19.0. The van der Waals surface area contributed by atoms with Gasteiger partial charge in [-0.3, -0.25) is 0 Å². The summed E-state index contributed by atoms with van der Waals surface area (Å²) in [5, 5.41) is 0. The van der Waals surface area contributed by atoms with Gasteiger partial charge in [-0.1, -0.05) is 19.1 Å². The molecule has 1 aromatic heterocycles. The van der Waals surface area contributed by atoms with Crippen molar-refractivity contribution in [1.29, 1.82) is 0 Å². The summed E-state index contributed by atoms with van der Waals surface area (Å²) in [7, 11) is -7.92. The van der Waals surface area contributed by atoms with E-state index in [4.69, 9.17) is 0 Å². The van der Waals surface area contributed by atoms with Crippen molar-refractivity contribution in [3.8, 4) is 0 Å². The molecule has 4 rings (SSSR count). The number of hydrogen-bond donors (Lipinski definition) is 0. The molecule has 14 heteroatoms. The summed E-state index contributed by atoms with van der Waals surface area (Å²) in [6.45, 7) is 6.26. The van der Waals surface area contributed by atoms with Crippen LogP contribution in [0.1, 0.15) is 36.4 Å². The van der Waals surface area contributed by atoms with Crippen LogP contribution in [0.15, 0.2) is 45.5 Å². The SMILES string of the molecule is CC1=C(S(=O)(=O)[O-])C(C)C2=C(c3ccc(I)cc3)c3c(C)c(S(=O)(=O)[O-])c(C)n3[B]N12.[Na+].[Na+]. The van der Waals surface area contributed by atoms with Gasteiger partial charge in [-0.05, 0) is 66.6 Å². The van der Waals surface area contributed by atoms with Crippen molar-refractivity contribution in [2.24, 2.45) is 5.92 Å². The Bertz CT molecular complexity index is 1420. The molecule has 1 unspecified atom stereocenters. The van der Waals surface area contributed by atoms with Crippen molar-refractivity contribution in [1.82, 2.24) is 9.29 Å². The summed E-state index contributed by atoms with van der Waals surface area (Å²) in [4.78, 5) is 1.08. The molecule has 2 aliphatic heterocycles. The molecule has 1 aromatic carbocycles. The quantitative estimate of drug-likeness (QED) is 0.199. The smallest absolute Gasteiger partial charge is 0.744 e. The summed E-state index contributed by atoms with van der Waals surface area (Å²) in [6, 6.07) is 7.43. The molecule has 0 saturated carbocycles. The van der Waals surface area contributed by atoms with Gasteiger partial charge in [-0.25, -0.2) is 16.8 Å². The first-order valence-corrected chi connectivity index (χ1v) is 13.1. The van der Waals surface area contributed by atoms with E-state index in [0.29, 0.717) is 17.0 Å². The maximum Gasteiger partial charge on any atom is 1.00 e. The maximum atomic E-state index is 12.0. The van der Waals surface area contributed by atoms with Crippen LogP contribution in [0.4, 0.5) is 0 Å². The number of halogens is 1. The molecular formula is C19H17BIN2Na2O6S2. The van der Waals surface area contributed by atoms with E-state index in [1.54, 1.807) is 30.7 Å². The fraction of sp³-hybridized carbons (Fsp3) is 0.263. The van der Waals surface area contributed by atoms with Gasteiger partial charge in [0.05, 0.1) is 9.80 Å². The number of rotatable bonds is 3. The Morgan fingerprint density at radius 1 is 0.970 bits per heavy atom. The minimum Gasteiger partial charge on any atom is -0.744 e. The average molecular weight is 617 g/mol. The van der Waals surface area contributed by atoms with E-state index < -0.39 is 26.2 Å². The molecule has 0 fully saturated rings. The monoisotopic (exact) mass is 617 g/mol. The van der Waals surface area contributed by atoms with Crippen molar-refractivity contribution in [3.05, 3.63) is 66.6 Å². The maximum absolute atomic E-state index is 12.0. The molecule has 163 valence electrons. The molecule has 0 saturated heterocycles. The normalized spacial score (nSPS) is 17.8. The van der Waals surface area contributed by atoms with Gasteiger partial charge in [0, 0.05) is 37.8 Å². The van der Waals surface area contributed by atoms with Crippen LogP contribution in [0, 0.1) is 23.3 Å². The number of fused-ring (bicyclic) bond motifs is 2. The zero-order valence-corrected chi connectivity index (χ0v) is 26.8. The third-order valence-electron chi connectivity index (χ3n) is 5.78. The number of benzene rings is 1. The van der Waals surface area contributed by atoms with E-state index >= 15 is 0 Å². The minimum absolute atomic E-state index is 0. The van der Waals surface area contributed by atoms with E-state index in [1.807, 2.05) is 24.3 Å². The van der Waals surface area contributed by atoms with Gasteiger partial charge in [0.15, 0.2) is 0 Å². The first kappa shape index (κ1) is 29.6. The van der Waals surface area contributed by atoms with Crippen LogP contribution in [0.5, 0.6) is 0 Å². The van der Waals surface area contributed by atoms with Crippen LogP contribution in [0.25, 0.3) is 5.57 Å². The fourth-order valence-electron chi connectivity index (χ4n) is 4.62. The molecule has 1 atom stereocenters. The second kappa shape index (κ2) is 10.0. The van der Waals surface area contributed by atoms with E-state index in [9.17, 15) is 25.9 Å². The molecule has 0 spiro atoms. The van der Waals surface area contributed by atoms with Crippen molar-refractivity contribution in [2.45, 2.75) is 32.6 Å². The molecule has 2 aliphatic rings. The second-order valence-electron chi connectivity index (χ2n) is 7.59. The molecule has 0 amide bonds. The van der Waals surface area contributed by atoms with Crippen LogP contribution >= 0.6 is 22.6 Å². The number of allylic oxidation sites excluding steroid dienone is 2. The third-order valence-corrected chi connectivity index (χ3v) is 8.79. The van der Waals surface area contributed by atoms with Gasteiger partial charge in [-0.15, -0.1) is 0 Å². The fourth-order valence-corrected chi connectivity index (χ4v) is 6.92. The number of nitrogens with zero attached hydrogens (tertiary/aromatic N) is 2. The van der Waals surface area contributed by atoms with Gasteiger partial charge in [-0.2, -0.15) is 0 Å². The zero-order chi connectivity index (χ0) is 23.0. The average Bonchev–Trinajstić information content (AvgIpc) is 3.05. The van der Waals surface area contributed by atoms with Crippen molar-refractivity contribution >= 4 is 55.9 Å². The van der Waals surface area contributed by atoms with Crippen molar-refractivity contribution in [3.63, 3.8) is 0 Å². The summed E-state index contributed by atoms with van der Waals surface area (Å²) in [5.74, 6) is -0.747. The molecule has 0 aliphatic carbocycles. The first-order valence-electron chi connectivity index (χ1n) is 9.23. The Labute approximate surface area is 252 Å². The van der Waals surface area contributed by atoms with Crippen molar-refractivity contribution in [2.75, 3.05) is 0 Å². The molecule has 0 bridgehead atoms. The Balaban J connectivity index is 0.00000193. The summed E-state index contributed by atoms with van der Waals surface area (Å²) in [6.07, 6.45) is 0. The van der Waals surface area contributed by atoms with Crippen LogP contribution in [0.2, 0.25) is 0 Å². The van der Waals surface area contributed by atoms with E-state index in [1.165, 1.54) is 13.8 Å². The minimum atomic E-state index is -4.75. The predicted octanol–water partition coefficient (Wildman–Crippen LogP) is -3.49.